The van der Waals surface area contributed by atoms with Crippen LogP contribution in [0.2, 0.25) is 0 Å². The molecule has 2 atom stereocenters. The van der Waals surface area contributed by atoms with Crippen LogP contribution in [0.25, 0.3) is 0 Å². The Kier molecular flexibility index (Phi) is 2.44. The quantitative estimate of drug-likeness (QED) is 0.672. The van der Waals surface area contributed by atoms with Crippen LogP contribution in [-0.2, 0) is 4.79 Å². The molecule has 1 radical (unpaired) electrons. The van der Waals surface area contributed by atoms with Gasteiger partial charge in [0.05, 0.1) is 0 Å². The van der Waals surface area contributed by atoms with Crippen molar-refractivity contribution in [1.82, 2.24) is 0 Å². The fraction of sp³-hybridized carbons (Fsp3) is 0.417. The van der Waals surface area contributed by atoms with Gasteiger partial charge < -0.3 is 0 Å². The van der Waals surface area contributed by atoms with Crippen molar-refractivity contribution in [3.63, 3.8) is 0 Å². The maximum Gasteiger partial charge on any atom is 0.201 e. The van der Waals surface area contributed by atoms with Gasteiger partial charge in [-0.3, -0.25) is 4.79 Å². The molecule has 1 aliphatic carbocycles. The summed E-state index contributed by atoms with van der Waals surface area (Å²) in [5.41, 5.74) is 1.38. The Morgan fingerprint density at radius 3 is 2.54 bits per heavy atom. The van der Waals surface area contributed by atoms with Gasteiger partial charge in [-0.05, 0) is 30.7 Å². The van der Waals surface area contributed by atoms with Gasteiger partial charge in [0.1, 0.15) is 0 Å². The van der Waals surface area contributed by atoms with Crippen LogP contribution in [0.5, 0.6) is 0 Å². The fourth-order valence-corrected chi connectivity index (χ4v) is 2.12. The van der Waals surface area contributed by atoms with E-state index in [0.29, 0.717) is 5.92 Å². The van der Waals surface area contributed by atoms with E-state index in [2.05, 4.69) is 30.6 Å². The Morgan fingerprint density at radius 2 is 1.92 bits per heavy atom. The Hall–Kier alpha value is -1.11. The average Bonchev–Trinajstić information content (AvgIpc) is 2.67. The van der Waals surface area contributed by atoms with E-state index in [1.54, 1.807) is 0 Å². The SMILES string of the molecule is O=[C]C1CCC(c2ccccc2)C1. The van der Waals surface area contributed by atoms with Gasteiger partial charge in [-0.2, -0.15) is 0 Å². The summed E-state index contributed by atoms with van der Waals surface area (Å²) < 4.78 is 0. The van der Waals surface area contributed by atoms with Crippen LogP contribution in [-0.4, -0.2) is 6.29 Å². The lowest BCUT2D eigenvalue weighted by atomic mass is 9.97. The fourth-order valence-electron chi connectivity index (χ4n) is 2.12. The molecule has 1 aliphatic rings. The average molecular weight is 173 g/mol. The third-order valence-electron chi connectivity index (χ3n) is 2.87. The molecule has 1 aromatic carbocycles. The zero-order valence-electron chi connectivity index (χ0n) is 7.57. The second-order valence-corrected chi connectivity index (χ2v) is 3.74. The van der Waals surface area contributed by atoms with Crippen molar-refractivity contribution in [2.24, 2.45) is 5.92 Å². The predicted molar refractivity (Wildman–Crippen MR) is 52.2 cm³/mol. The van der Waals surface area contributed by atoms with Crippen LogP contribution in [0.1, 0.15) is 30.7 Å². The Labute approximate surface area is 78.8 Å². The first-order chi connectivity index (χ1) is 6.40. The number of carbonyl (C=O) groups excluding carboxylic acids is 1. The van der Waals surface area contributed by atoms with Crippen LogP contribution in [0.4, 0.5) is 0 Å². The summed E-state index contributed by atoms with van der Waals surface area (Å²) in [7, 11) is 0. The monoisotopic (exact) mass is 173 g/mol. The maximum absolute atomic E-state index is 10.5. The lowest BCUT2D eigenvalue weighted by Gasteiger charge is -2.08. The van der Waals surface area contributed by atoms with Crippen molar-refractivity contribution >= 4 is 6.29 Å². The summed E-state index contributed by atoms with van der Waals surface area (Å²) in [6.45, 7) is 0. The standard InChI is InChI=1S/C12H13O/c13-9-10-6-7-12(8-10)11-4-2-1-3-5-11/h1-5,10,12H,6-8H2. The van der Waals surface area contributed by atoms with Gasteiger partial charge >= 0.3 is 0 Å². The lowest BCUT2D eigenvalue weighted by molar-refractivity contribution is 0.521. The molecule has 0 spiro atoms. The minimum absolute atomic E-state index is 0.185. The van der Waals surface area contributed by atoms with Gasteiger partial charge in [0.2, 0.25) is 6.29 Å². The van der Waals surface area contributed by atoms with E-state index in [4.69, 9.17) is 0 Å². The molecule has 1 heteroatoms. The molecule has 1 saturated carbocycles. The van der Waals surface area contributed by atoms with Gasteiger partial charge in [-0.1, -0.05) is 30.3 Å². The smallest absolute Gasteiger partial charge is 0.201 e. The first-order valence-corrected chi connectivity index (χ1v) is 4.83. The van der Waals surface area contributed by atoms with Gasteiger partial charge in [0.25, 0.3) is 0 Å². The maximum atomic E-state index is 10.5. The van der Waals surface area contributed by atoms with Gasteiger partial charge in [-0.25, -0.2) is 0 Å². The van der Waals surface area contributed by atoms with Crippen LogP contribution < -0.4 is 0 Å². The van der Waals surface area contributed by atoms with E-state index in [9.17, 15) is 4.79 Å². The highest BCUT2D eigenvalue weighted by molar-refractivity contribution is 5.55. The molecule has 1 aromatic rings. The molecule has 0 N–H and O–H groups in total. The molecule has 0 aromatic heterocycles. The first kappa shape index (κ1) is 8.49. The minimum atomic E-state index is 0.185. The lowest BCUT2D eigenvalue weighted by Crippen LogP contribution is -1.96. The Balaban J connectivity index is 2.08. The van der Waals surface area contributed by atoms with Crippen molar-refractivity contribution in [2.75, 3.05) is 0 Å². The van der Waals surface area contributed by atoms with Crippen LogP contribution >= 0.6 is 0 Å². The highest BCUT2D eigenvalue weighted by Crippen LogP contribution is 2.36. The molecule has 0 aliphatic heterocycles. The second-order valence-electron chi connectivity index (χ2n) is 3.74. The largest absolute Gasteiger partial charge is 0.291 e. The summed E-state index contributed by atoms with van der Waals surface area (Å²) in [6.07, 6.45) is 5.27. The molecule has 13 heavy (non-hydrogen) atoms. The Bertz CT molecular complexity index is 278. The zero-order valence-corrected chi connectivity index (χ0v) is 7.57. The molecule has 2 rings (SSSR count). The van der Waals surface area contributed by atoms with E-state index < -0.39 is 0 Å². The highest BCUT2D eigenvalue weighted by Gasteiger charge is 2.25. The first-order valence-electron chi connectivity index (χ1n) is 4.83. The van der Waals surface area contributed by atoms with E-state index in [0.717, 1.165) is 19.3 Å². The third-order valence-corrected chi connectivity index (χ3v) is 2.87. The predicted octanol–water partition coefficient (Wildman–Crippen LogP) is 2.68. The number of hydrogen-bond donors (Lipinski definition) is 0. The summed E-state index contributed by atoms with van der Waals surface area (Å²) in [6, 6.07) is 10.5. The molecule has 0 amide bonds. The summed E-state index contributed by atoms with van der Waals surface area (Å²) in [5, 5.41) is 0. The zero-order chi connectivity index (χ0) is 9.10. The molecule has 1 fully saturated rings. The van der Waals surface area contributed by atoms with Crippen LogP contribution in [0.3, 0.4) is 0 Å². The summed E-state index contributed by atoms with van der Waals surface area (Å²) in [5.74, 6) is 0.776. The van der Waals surface area contributed by atoms with E-state index in [-0.39, 0.29) is 5.92 Å². The number of benzene rings is 1. The Morgan fingerprint density at radius 1 is 1.15 bits per heavy atom. The molecule has 0 heterocycles. The van der Waals surface area contributed by atoms with E-state index >= 15 is 0 Å². The molecule has 0 bridgehead atoms. The molecular weight excluding hydrogens is 160 g/mol. The third kappa shape index (κ3) is 1.80. The van der Waals surface area contributed by atoms with E-state index in [1.807, 2.05) is 6.07 Å². The molecular formula is C12H13O. The van der Waals surface area contributed by atoms with Crippen LogP contribution in [0, 0.1) is 5.92 Å². The van der Waals surface area contributed by atoms with Crippen molar-refractivity contribution in [1.29, 1.82) is 0 Å². The minimum Gasteiger partial charge on any atom is -0.291 e. The van der Waals surface area contributed by atoms with Gasteiger partial charge in [0.15, 0.2) is 0 Å². The number of hydrogen-bond acceptors (Lipinski definition) is 1. The molecule has 2 unspecified atom stereocenters. The van der Waals surface area contributed by atoms with E-state index in [1.165, 1.54) is 5.56 Å². The summed E-state index contributed by atoms with van der Waals surface area (Å²) in [4.78, 5) is 10.5. The van der Waals surface area contributed by atoms with Crippen molar-refractivity contribution in [2.45, 2.75) is 25.2 Å². The normalized spacial score (nSPS) is 27.4. The van der Waals surface area contributed by atoms with Crippen molar-refractivity contribution < 1.29 is 4.79 Å². The van der Waals surface area contributed by atoms with Crippen LogP contribution in [0.15, 0.2) is 30.3 Å². The number of rotatable bonds is 2. The van der Waals surface area contributed by atoms with Crippen molar-refractivity contribution in [3.8, 4) is 0 Å². The van der Waals surface area contributed by atoms with Gasteiger partial charge in [0, 0.05) is 5.92 Å². The highest BCUT2D eigenvalue weighted by atomic mass is 16.1. The summed E-state index contributed by atoms with van der Waals surface area (Å²) >= 11 is 0. The topological polar surface area (TPSA) is 17.1 Å². The molecule has 0 saturated heterocycles. The second kappa shape index (κ2) is 3.73. The molecule has 1 nitrogen and oxygen atoms in total. The van der Waals surface area contributed by atoms with Crippen molar-refractivity contribution in [3.05, 3.63) is 35.9 Å². The van der Waals surface area contributed by atoms with Gasteiger partial charge in [-0.15, -0.1) is 0 Å². The molecule has 67 valence electrons.